The largest absolute Gasteiger partial charge is 0.262 e. The maximum absolute atomic E-state index is 11.6. The van der Waals surface area contributed by atoms with Crippen molar-refractivity contribution in [2.75, 3.05) is 5.34 Å². The molecule has 0 aromatic carbocycles. The van der Waals surface area contributed by atoms with E-state index in [1.54, 1.807) is 0 Å². The van der Waals surface area contributed by atoms with Gasteiger partial charge in [0.05, 0.1) is 6.20 Å². The molecule has 2 nitrogen and oxygen atoms in total. The van der Waals surface area contributed by atoms with Crippen LogP contribution in [0.4, 0.5) is 14.6 Å². The van der Waals surface area contributed by atoms with Crippen molar-refractivity contribution in [2.45, 2.75) is 0 Å². The van der Waals surface area contributed by atoms with Crippen LogP contribution in [-0.2, 0) is 0 Å². The second-order valence-electron chi connectivity index (χ2n) is 1.44. The fraction of sp³-hybridized carbons (Fsp3) is 0. The zero-order valence-corrected chi connectivity index (χ0v) is 4.46. The first-order chi connectivity index (χ1) is 4.30. The lowest BCUT2D eigenvalue weighted by atomic mass is 10.4. The molecule has 1 heterocycles. The van der Waals surface area contributed by atoms with E-state index in [-0.39, 0.29) is 5.69 Å². The third-order valence-electron chi connectivity index (χ3n) is 0.841. The van der Waals surface area contributed by atoms with Crippen molar-refractivity contribution in [3.05, 3.63) is 24.5 Å². The van der Waals surface area contributed by atoms with E-state index >= 15 is 0 Å². The summed E-state index contributed by atoms with van der Waals surface area (Å²) >= 11 is 0. The third-order valence-corrected chi connectivity index (χ3v) is 0.841. The van der Waals surface area contributed by atoms with Crippen molar-refractivity contribution < 1.29 is 8.96 Å². The third kappa shape index (κ3) is 1.35. The first kappa shape index (κ1) is 5.94. The van der Waals surface area contributed by atoms with Crippen molar-refractivity contribution in [3.8, 4) is 0 Å². The van der Waals surface area contributed by atoms with Gasteiger partial charge in [-0.25, -0.2) is 0 Å². The highest BCUT2D eigenvalue weighted by molar-refractivity contribution is 5.37. The molecule has 0 saturated heterocycles. The van der Waals surface area contributed by atoms with Gasteiger partial charge in [0, 0.05) is 6.20 Å². The molecule has 0 N–H and O–H groups in total. The summed E-state index contributed by atoms with van der Waals surface area (Å²) in [7, 11) is 0. The summed E-state index contributed by atoms with van der Waals surface area (Å²) in [6.45, 7) is 0. The fourth-order valence-electron chi connectivity index (χ4n) is 0.454. The minimum absolute atomic E-state index is 0.197. The van der Waals surface area contributed by atoms with Gasteiger partial charge >= 0.3 is 0 Å². The molecule has 0 atom stereocenters. The van der Waals surface area contributed by atoms with E-state index in [0.29, 0.717) is 0 Å². The first-order valence-corrected chi connectivity index (χ1v) is 2.32. The Balaban J connectivity index is 2.85. The van der Waals surface area contributed by atoms with Gasteiger partial charge in [0.2, 0.25) is 0 Å². The number of aromatic nitrogens is 1. The zero-order chi connectivity index (χ0) is 6.69. The minimum atomic E-state index is -0.979. The molecule has 1 aromatic rings. The van der Waals surface area contributed by atoms with Gasteiger partial charge in [0.15, 0.2) is 0 Å². The molecule has 48 valence electrons. The van der Waals surface area contributed by atoms with Gasteiger partial charge in [-0.1, -0.05) is 8.96 Å². The average Bonchev–Trinajstić information content (AvgIpc) is 1.90. The van der Waals surface area contributed by atoms with E-state index in [9.17, 15) is 8.96 Å². The topological polar surface area (TPSA) is 16.1 Å². The van der Waals surface area contributed by atoms with Crippen LogP contribution in [-0.4, -0.2) is 4.98 Å². The predicted molar refractivity (Wildman–Crippen MR) is 28.9 cm³/mol. The van der Waals surface area contributed by atoms with E-state index < -0.39 is 5.34 Å². The standard InChI is InChI=1S/C5H4F2N2/c6-9(7)5-2-1-3-8-4-5/h1-4H. The Bertz CT molecular complexity index is 176. The monoisotopic (exact) mass is 130 g/mol. The molecule has 0 spiro atoms. The molecule has 1 aromatic heterocycles. The van der Waals surface area contributed by atoms with E-state index in [0.717, 1.165) is 6.20 Å². The Morgan fingerprint density at radius 1 is 1.44 bits per heavy atom. The Kier molecular flexibility index (Phi) is 1.58. The van der Waals surface area contributed by atoms with Crippen molar-refractivity contribution >= 4 is 5.69 Å². The summed E-state index contributed by atoms with van der Waals surface area (Å²) in [6.07, 6.45) is 2.52. The van der Waals surface area contributed by atoms with Gasteiger partial charge in [-0.05, 0) is 17.5 Å². The van der Waals surface area contributed by atoms with Crippen LogP contribution in [0.2, 0.25) is 0 Å². The number of pyridine rings is 1. The van der Waals surface area contributed by atoms with Crippen molar-refractivity contribution in [2.24, 2.45) is 0 Å². The number of halogens is 2. The summed E-state index contributed by atoms with van der Waals surface area (Å²) in [6, 6.07) is 2.72. The Morgan fingerprint density at radius 2 is 2.22 bits per heavy atom. The maximum Gasteiger partial charge on any atom is 0.123 e. The van der Waals surface area contributed by atoms with Crippen molar-refractivity contribution in [1.29, 1.82) is 0 Å². The van der Waals surface area contributed by atoms with Crippen LogP contribution >= 0.6 is 0 Å². The lowest BCUT2D eigenvalue weighted by Gasteiger charge is -1.97. The van der Waals surface area contributed by atoms with Crippen LogP contribution in [0.15, 0.2) is 24.5 Å². The average molecular weight is 130 g/mol. The summed E-state index contributed by atoms with van der Waals surface area (Å²) in [5, 5.41) is -0.979. The predicted octanol–water partition coefficient (Wildman–Crippen LogP) is 1.66. The van der Waals surface area contributed by atoms with Gasteiger partial charge < -0.3 is 0 Å². The molecule has 0 aliphatic rings. The molecule has 0 amide bonds. The van der Waals surface area contributed by atoms with Gasteiger partial charge in [0.1, 0.15) is 5.69 Å². The van der Waals surface area contributed by atoms with Crippen LogP contribution < -0.4 is 5.34 Å². The van der Waals surface area contributed by atoms with Crippen molar-refractivity contribution in [3.63, 3.8) is 0 Å². The smallest absolute Gasteiger partial charge is 0.123 e. The van der Waals surface area contributed by atoms with Crippen LogP contribution in [0.1, 0.15) is 0 Å². The molecule has 0 fully saturated rings. The molecule has 4 heteroatoms. The Morgan fingerprint density at radius 3 is 2.56 bits per heavy atom. The number of hydrogen-bond donors (Lipinski definition) is 0. The molecule has 0 saturated carbocycles. The van der Waals surface area contributed by atoms with Gasteiger partial charge in [0.25, 0.3) is 0 Å². The lowest BCUT2D eigenvalue weighted by Crippen LogP contribution is -1.94. The fourth-order valence-corrected chi connectivity index (χ4v) is 0.454. The minimum Gasteiger partial charge on any atom is -0.262 e. The molecular formula is C5H4F2N2. The highest BCUT2D eigenvalue weighted by Crippen LogP contribution is 2.10. The molecule has 0 aliphatic carbocycles. The SMILES string of the molecule is FN(F)c1cccnc1. The summed E-state index contributed by atoms with van der Waals surface area (Å²) < 4.78 is 23.1. The highest BCUT2D eigenvalue weighted by atomic mass is 19.4. The second-order valence-corrected chi connectivity index (χ2v) is 1.44. The molecule has 0 unspecified atom stereocenters. The normalized spacial score (nSPS) is 9.11. The lowest BCUT2D eigenvalue weighted by molar-refractivity contribution is 0.235. The van der Waals surface area contributed by atoms with Crippen LogP contribution in [0, 0.1) is 0 Å². The van der Waals surface area contributed by atoms with Crippen molar-refractivity contribution in [1.82, 2.24) is 4.98 Å². The number of nitrogens with zero attached hydrogens (tertiary/aromatic N) is 2. The van der Waals surface area contributed by atoms with E-state index in [1.807, 2.05) is 0 Å². The zero-order valence-electron chi connectivity index (χ0n) is 4.46. The molecule has 1 rings (SSSR count). The number of anilines is 1. The van der Waals surface area contributed by atoms with Crippen LogP contribution in [0.5, 0.6) is 0 Å². The molecule has 9 heavy (non-hydrogen) atoms. The summed E-state index contributed by atoms with van der Waals surface area (Å²) in [5.74, 6) is 0. The van der Waals surface area contributed by atoms with Crippen LogP contribution in [0.25, 0.3) is 0 Å². The van der Waals surface area contributed by atoms with Crippen LogP contribution in [0.3, 0.4) is 0 Å². The summed E-state index contributed by atoms with van der Waals surface area (Å²) in [4.78, 5) is 3.48. The quantitative estimate of drug-likeness (QED) is 0.537. The molecule has 0 aliphatic heterocycles. The summed E-state index contributed by atoms with van der Waals surface area (Å²) in [5.41, 5.74) is -0.197. The second kappa shape index (κ2) is 2.39. The van der Waals surface area contributed by atoms with E-state index in [1.165, 1.54) is 18.3 Å². The van der Waals surface area contributed by atoms with Gasteiger partial charge in [-0.2, -0.15) is 0 Å². The molecule has 0 radical (unpaired) electrons. The highest BCUT2D eigenvalue weighted by Gasteiger charge is 1.98. The number of rotatable bonds is 1. The Labute approximate surface area is 50.6 Å². The Hall–Kier alpha value is -1.19. The number of hydrogen-bond acceptors (Lipinski definition) is 2. The van der Waals surface area contributed by atoms with E-state index in [4.69, 9.17) is 0 Å². The molecular weight excluding hydrogens is 126 g/mol. The van der Waals surface area contributed by atoms with Gasteiger partial charge in [-0.15, -0.1) is 0 Å². The maximum atomic E-state index is 11.6. The first-order valence-electron chi connectivity index (χ1n) is 2.32. The van der Waals surface area contributed by atoms with E-state index in [2.05, 4.69) is 4.98 Å². The van der Waals surface area contributed by atoms with Gasteiger partial charge in [-0.3, -0.25) is 4.98 Å². The molecule has 0 bridgehead atoms.